The fourth-order valence-corrected chi connectivity index (χ4v) is 3.83. The summed E-state index contributed by atoms with van der Waals surface area (Å²) in [4.78, 5) is 4.14. The van der Waals surface area contributed by atoms with Crippen LogP contribution in [0.3, 0.4) is 0 Å². The minimum Gasteiger partial charge on any atom is -0.325 e. The topological polar surface area (TPSA) is 99.3 Å². The lowest BCUT2D eigenvalue weighted by Gasteiger charge is -2.08. The molecule has 0 amide bonds. The summed E-state index contributed by atoms with van der Waals surface area (Å²) in [5.74, 6) is 0. The minimum atomic E-state index is -5.34. The third-order valence-electron chi connectivity index (χ3n) is 2.82. The Balaban J connectivity index is 0.000000345. The highest BCUT2D eigenvalue weighted by Gasteiger charge is 2.46. The number of aromatic nitrogens is 3. The van der Waals surface area contributed by atoms with E-state index in [0.717, 1.165) is 10.6 Å². The Labute approximate surface area is 158 Å². The smallest absolute Gasteiger partial charge is 0.325 e. The van der Waals surface area contributed by atoms with Crippen molar-refractivity contribution >= 4 is 29.0 Å². The molecule has 2 rings (SSSR count). The van der Waals surface area contributed by atoms with Crippen molar-refractivity contribution in [2.24, 2.45) is 0 Å². The maximum atomic E-state index is 12.0. The highest BCUT2D eigenvalue weighted by molar-refractivity contribution is 7.87. The van der Waals surface area contributed by atoms with E-state index in [2.05, 4.69) is 13.5 Å². The van der Waals surface area contributed by atoms with Crippen LogP contribution in [0.2, 0.25) is 0 Å². The van der Waals surface area contributed by atoms with Gasteiger partial charge in [-0.3, -0.25) is 8.75 Å². The zero-order valence-corrected chi connectivity index (χ0v) is 17.1. The summed E-state index contributed by atoms with van der Waals surface area (Å²) < 4.78 is 79.0. The zero-order valence-electron chi connectivity index (χ0n) is 14.6. The van der Waals surface area contributed by atoms with Gasteiger partial charge in [0.15, 0.2) is 12.4 Å². The number of pyridine rings is 1. The second-order valence-corrected chi connectivity index (χ2v) is 10.0. The van der Waals surface area contributed by atoms with Crippen LogP contribution >= 0.6 is 18.9 Å². The fourth-order valence-electron chi connectivity index (χ4n) is 1.70. The van der Waals surface area contributed by atoms with E-state index in [1.165, 1.54) is 17.9 Å². The van der Waals surface area contributed by atoms with Crippen LogP contribution in [0, 0.1) is 0 Å². The summed E-state index contributed by atoms with van der Waals surface area (Å²) in [7, 11) is -7.44. The fraction of sp³-hybridized carbons (Fsp3) is 0.462. The molecule has 0 saturated carbocycles. The highest BCUT2D eigenvalue weighted by Crippen LogP contribution is 2.42. The summed E-state index contributed by atoms with van der Waals surface area (Å²) in [6.45, 7) is 3.97. The number of rotatable bonds is 6. The number of alkyl halides is 3. The van der Waals surface area contributed by atoms with Gasteiger partial charge in [0.1, 0.15) is 11.3 Å². The monoisotopic (exact) mass is 448 g/mol. The van der Waals surface area contributed by atoms with Crippen LogP contribution in [0.5, 0.6) is 0 Å². The van der Waals surface area contributed by atoms with Gasteiger partial charge in [-0.1, -0.05) is 0 Å². The highest BCUT2D eigenvalue weighted by atomic mass is 32.2. The second kappa shape index (κ2) is 9.69. The van der Waals surface area contributed by atoms with E-state index < -0.39 is 23.0 Å². The van der Waals surface area contributed by atoms with Gasteiger partial charge in [0.05, 0.1) is 13.7 Å². The lowest BCUT2D eigenvalue weighted by Crippen LogP contribution is -2.32. The van der Waals surface area contributed by atoms with Crippen molar-refractivity contribution in [3.8, 4) is 10.6 Å². The summed E-state index contributed by atoms with van der Waals surface area (Å²) in [6.07, 6.45) is 5.69. The molecule has 152 valence electrons. The first-order chi connectivity index (χ1) is 12.4. The standard InChI is InChI=1S/C11H15N3O2PS.C2H3F3O3S/c1-3-16-17(2,15)9-14-6-4-10(5-7-14)11-12-8-13-18-11;1-8-9(6,7)2(3,4)5/h4-8H,3,9H2,1-2H3;1H3/q+1;. The van der Waals surface area contributed by atoms with Crippen molar-refractivity contribution in [3.05, 3.63) is 30.9 Å². The molecule has 27 heavy (non-hydrogen) atoms. The summed E-state index contributed by atoms with van der Waals surface area (Å²) in [5, 5.41) is 0.881. The second-order valence-electron chi connectivity index (χ2n) is 4.99. The molecule has 0 aliphatic rings. The Morgan fingerprint density at radius 2 is 1.89 bits per heavy atom. The Morgan fingerprint density at radius 1 is 1.30 bits per heavy atom. The van der Waals surface area contributed by atoms with Gasteiger partial charge in [-0.2, -0.15) is 30.5 Å². The van der Waals surface area contributed by atoms with E-state index in [0.29, 0.717) is 20.0 Å². The molecule has 0 spiro atoms. The Morgan fingerprint density at radius 3 is 2.26 bits per heavy atom. The van der Waals surface area contributed by atoms with E-state index in [-0.39, 0.29) is 0 Å². The predicted molar refractivity (Wildman–Crippen MR) is 92.7 cm³/mol. The van der Waals surface area contributed by atoms with Crippen molar-refractivity contribution in [2.75, 3.05) is 20.4 Å². The summed E-state index contributed by atoms with van der Waals surface area (Å²) >= 11 is 1.35. The van der Waals surface area contributed by atoms with E-state index in [9.17, 15) is 26.2 Å². The molecule has 0 aromatic carbocycles. The van der Waals surface area contributed by atoms with Crippen molar-refractivity contribution in [1.29, 1.82) is 0 Å². The molecule has 14 heteroatoms. The van der Waals surface area contributed by atoms with Crippen LogP contribution < -0.4 is 4.57 Å². The van der Waals surface area contributed by atoms with E-state index in [1.807, 2.05) is 36.0 Å². The molecular formula is C13H18F3N3O5PS2+. The van der Waals surface area contributed by atoms with Gasteiger partial charge >= 0.3 is 15.6 Å². The van der Waals surface area contributed by atoms with Crippen LogP contribution in [0.1, 0.15) is 6.92 Å². The lowest BCUT2D eigenvalue weighted by molar-refractivity contribution is -0.679. The maximum Gasteiger partial charge on any atom is 0.523 e. The number of nitrogens with zero attached hydrogens (tertiary/aromatic N) is 3. The molecule has 0 saturated heterocycles. The van der Waals surface area contributed by atoms with Crippen LogP contribution in [-0.4, -0.2) is 43.7 Å². The maximum absolute atomic E-state index is 12.0. The molecule has 2 heterocycles. The number of hydrogen-bond acceptors (Lipinski definition) is 8. The average Bonchev–Trinajstić information content (AvgIpc) is 3.09. The van der Waals surface area contributed by atoms with Crippen molar-refractivity contribution in [2.45, 2.75) is 18.7 Å². The molecule has 1 unspecified atom stereocenters. The Kier molecular flexibility index (Phi) is 8.48. The lowest BCUT2D eigenvalue weighted by atomic mass is 10.3. The number of hydrogen-bond donors (Lipinski definition) is 0. The van der Waals surface area contributed by atoms with Crippen LogP contribution in [0.25, 0.3) is 10.6 Å². The first-order valence-corrected chi connectivity index (χ1v) is 11.7. The minimum absolute atomic E-state index is 0.386. The summed E-state index contributed by atoms with van der Waals surface area (Å²) in [6, 6.07) is 3.87. The van der Waals surface area contributed by atoms with Gasteiger partial charge in [0.25, 0.3) is 7.37 Å². The predicted octanol–water partition coefficient (Wildman–Crippen LogP) is 2.88. The quantitative estimate of drug-likeness (QED) is 0.290. The SMILES string of the molecule is CCOP(C)(=O)C[n+]1ccc(-c2ncns2)cc1.COS(=O)(=O)C(F)(F)F. The van der Waals surface area contributed by atoms with Crippen molar-refractivity contribution in [3.63, 3.8) is 0 Å². The van der Waals surface area contributed by atoms with Gasteiger partial charge in [-0.25, -0.2) is 4.98 Å². The van der Waals surface area contributed by atoms with Crippen LogP contribution in [0.15, 0.2) is 30.9 Å². The van der Waals surface area contributed by atoms with Gasteiger partial charge in [-0.05, 0) is 18.5 Å². The molecule has 2 aromatic rings. The molecule has 0 N–H and O–H groups in total. The molecule has 0 aliphatic carbocycles. The molecule has 0 bridgehead atoms. The molecule has 0 aliphatic heterocycles. The first-order valence-electron chi connectivity index (χ1n) is 7.26. The third-order valence-corrected chi connectivity index (χ3v) is 6.19. The average molecular weight is 448 g/mol. The molecule has 1 atom stereocenters. The van der Waals surface area contributed by atoms with Gasteiger partial charge in [-0.15, -0.1) is 0 Å². The molecule has 2 aromatic heterocycles. The molecule has 0 fully saturated rings. The van der Waals surface area contributed by atoms with Gasteiger partial charge in [0, 0.05) is 24.4 Å². The van der Waals surface area contributed by atoms with E-state index in [4.69, 9.17) is 4.52 Å². The van der Waals surface area contributed by atoms with Crippen LogP contribution in [-0.2, 0) is 29.7 Å². The molecule has 0 radical (unpaired) electrons. The third kappa shape index (κ3) is 7.62. The van der Waals surface area contributed by atoms with E-state index in [1.54, 1.807) is 6.66 Å². The zero-order chi connectivity index (χ0) is 20.7. The van der Waals surface area contributed by atoms with Crippen LogP contribution in [0.4, 0.5) is 13.2 Å². The summed E-state index contributed by atoms with van der Waals surface area (Å²) in [5.41, 5.74) is -4.29. The normalized spacial score (nSPS) is 14.1. The first kappa shape index (κ1) is 23.6. The molecular weight excluding hydrogens is 430 g/mol. The van der Waals surface area contributed by atoms with Crippen molar-refractivity contribution in [1.82, 2.24) is 9.36 Å². The van der Waals surface area contributed by atoms with E-state index >= 15 is 0 Å². The largest absolute Gasteiger partial charge is 0.523 e. The van der Waals surface area contributed by atoms with Gasteiger partial charge < -0.3 is 4.52 Å². The van der Waals surface area contributed by atoms with Gasteiger partial charge in [0.2, 0.25) is 6.29 Å². The Bertz CT molecular complexity index is 858. The number of halogens is 3. The Hall–Kier alpha value is -1.40. The van der Waals surface area contributed by atoms with Crippen molar-refractivity contribution < 1.29 is 39.4 Å². The molecule has 8 nitrogen and oxygen atoms in total.